The molecule has 2 rings (SSSR count). The first kappa shape index (κ1) is 24.6. The van der Waals surface area contributed by atoms with Crippen molar-refractivity contribution in [3.8, 4) is 11.5 Å². The Morgan fingerprint density at radius 2 is 1.00 bits per heavy atom. The number of hydrogen-bond donors (Lipinski definition) is 0. The van der Waals surface area contributed by atoms with Crippen molar-refractivity contribution in [1.82, 2.24) is 0 Å². The third-order valence-electron chi connectivity index (χ3n) is 4.16. The summed E-state index contributed by atoms with van der Waals surface area (Å²) in [5, 5.41) is 0. The summed E-state index contributed by atoms with van der Waals surface area (Å²) >= 11 is 1.58. The Morgan fingerprint density at radius 3 is 1.29 bits per heavy atom. The van der Waals surface area contributed by atoms with E-state index in [0.717, 1.165) is 9.79 Å². The van der Waals surface area contributed by atoms with E-state index in [2.05, 4.69) is 0 Å². The van der Waals surface area contributed by atoms with Crippen molar-refractivity contribution in [2.45, 2.75) is 62.5 Å². The van der Waals surface area contributed by atoms with Crippen LogP contribution >= 0.6 is 11.8 Å². The number of carbonyl (C=O) groups excluding carboxylic acids is 2. The standard InChI is InChI=1S/C24H30O6S/c1-7-27-21(25)23(3,4)29-17-9-13-19(14-10-17)31-20-15-11-18(12-16-20)30-24(5,6)22(26)28-8-2/h9-16H,7-8H2,1-6H3. The van der Waals surface area contributed by atoms with Gasteiger partial charge in [-0.15, -0.1) is 0 Å². The largest absolute Gasteiger partial charge is 0.476 e. The molecule has 31 heavy (non-hydrogen) atoms. The topological polar surface area (TPSA) is 71.1 Å². The van der Waals surface area contributed by atoms with Gasteiger partial charge in [-0.05, 0) is 90.1 Å². The van der Waals surface area contributed by atoms with E-state index in [0.29, 0.717) is 24.7 Å². The van der Waals surface area contributed by atoms with Crippen LogP contribution in [-0.4, -0.2) is 36.4 Å². The molecule has 7 heteroatoms. The lowest BCUT2D eigenvalue weighted by atomic mass is 10.1. The third kappa shape index (κ3) is 7.21. The first-order chi connectivity index (χ1) is 14.6. The zero-order valence-corrected chi connectivity index (χ0v) is 19.7. The highest BCUT2D eigenvalue weighted by atomic mass is 32.2. The molecule has 168 valence electrons. The maximum atomic E-state index is 12.0. The van der Waals surface area contributed by atoms with Crippen LogP contribution in [0, 0.1) is 0 Å². The van der Waals surface area contributed by atoms with Crippen molar-refractivity contribution >= 4 is 23.7 Å². The van der Waals surface area contributed by atoms with Gasteiger partial charge in [-0.1, -0.05) is 11.8 Å². The van der Waals surface area contributed by atoms with Crippen molar-refractivity contribution in [1.29, 1.82) is 0 Å². The molecule has 0 unspecified atom stereocenters. The van der Waals surface area contributed by atoms with Crippen molar-refractivity contribution in [2.24, 2.45) is 0 Å². The quantitative estimate of drug-likeness (QED) is 0.460. The summed E-state index contributed by atoms with van der Waals surface area (Å²) in [6.07, 6.45) is 0. The lowest BCUT2D eigenvalue weighted by Crippen LogP contribution is -2.39. The minimum atomic E-state index is -1.06. The number of rotatable bonds is 10. The molecule has 0 saturated carbocycles. The number of hydrogen-bond acceptors (Lipinski definition) is 7. The first-order valence-electron chi connectivity index (χ1n) is 10.2. The third-order valence-corrected chi connectivity index (χ3v) is 5.18. The maximum Gasteiger partial charge on any atom is 0.349 e. The molecule has 0 N–H and O–H groups in total. The molecular formula is C24H30O6S. The average molecular weight is 447 g/mol. The van der Waals surface area contributed by atoms with Crippen LogP contribution in [0.25, 0.3) is 0 Å². The van der Waals surface area contributed by atoms with Crippen LogP contribution in [0.5, 0.6) is 11.5 Å². The molecule has 0 saturated heterocycles. The molecule has 0 aliphatic heterocycles. The number of benzene rings is 2. The zero-order valence-electron chi connectivity index (χ0n) is 18.9. The predicted molar refractivity (Wildman–Crippen MR) is 120 cm³/mol. The average Bonchev–Trinajstić information content (AvgIpc) is 2.71. The summed E-state index contributed by atoms with van der Waals surface area (Å²) in [6, 6.07) is 15.0. The van der Waals surface area contributed by atoms with E-state index in [4.69, 9.17) is 18.9 Å². The minimum Gasteiger partial charge on any atom is -0.476 e. The second-order valence-corrected chi connectivity index (χ2v) is 8.86. The molecule has 0 bridgehead atoms. The van der Waals surface area contributed by atoms with Gasteiger partial charge in [-0.25, -0.2) is 9.59 Å². The van der Waals surface area contributed by atoms with Crippen LogP contribution in [-0.2, 0) is 19.1 Å². The van der Waals surface area contributed by atoms with Gasteiger partial charge in [-0.3, -0.25) is 0 Å². The SMILES string of the molecule is CCOC(=O)C(C)(C)Oc1ccc(Sc2ccc(OC(C)(C)C(=O)OCC)cc2)cc1. The van der Waals surface area contributed by atoms with Gasteiger partial charge >= 0.3 is 11.9 Å². The van der Waals surface area contributed by atoms with Gasteiger partial charge in [0.1, 0.15) is 11.5 Å². The van der Waals surface area contributed by atoms with Gasteiger partial charge in [0, 0.05) is 9.79 Å². The fraction of sp³-hybridized carbons (Fsp3) is 0.417. The van der Waals surface area contributed by atoms with E-state index in [-0.39, 0.29) is 0 Å². The second kappa shape index (κ2) is 10.6. The van der Waals surface area contributed by atoms with Gasteiger partial charge in [0.2, 0.25) is 0 Å². The van der Waals surface area contributed by atoms with Crippen LogP contribution < -0.4 is 9.47 Å². The molecule has 0 radical (unpaired) electrons. The summed E-state index contributed by atoms with van der Waals surface area (Å²) in [5.41, 5.74) is -2.12. The Balaban J connectivity index is 1.98. The van der Waals surface area contributed by atoms with Gasteiger partial charge in [-0.2, -0.15) is 0 Å². The molecule has 0 spiro atoms. The highest BCUT2D eigenvalue weighted by Crippen LogP contribution is 2.31. The Bertz CT molecular complexity index is 798. The summed E-state index contributed by atoms with van der Waals surface area (Å²) < 4.78 is 21.6. The van der Waals surface area contributed by atoms with Crippen molar-refractivity contribution in [3.63, 3.8) is 0 Å². The fourth-order valence-corrected chi connectivity index (χ4v) is 3.39. The fourth-order valence-electron chi connectivity index (χ4n) is 2.57. The predicted octanol–water partition coefficient (Wildman–Crippen LogP) is 5.28. The molecule has 0 heterocycles. The number of ether oxygens (including phenoxy) is 4. The Hall–Kier alpha value is -2.67. The molecule has 0 aliphatic carbocycles. The number of carbonyl (C=O) groups is 2. The van der Waals surface area contributed by atoms with E-state index in [9.17, 15) is 9.59 Å². The van der Waals surface area contributed by atoms with Crippen LogP contribution in [0.2, 0.25) is 0 Å². The summed E-state index contributed by atoms with van der Waals surface area (Å²) in [5.74, 6) is 0.378. The van der Waals surface area contributed by atoms with Gasteiger partial charge in [0.25, 0.3) is 0 Å². The van der Waals surface area contributed by atoms with Crippen LogP contribution in [0.3, 0.4) is 0 Å². The van der Waals surface area contributed by atoms with E-state index in [1.807, 2.05) is 48.5 Å². The molecule has 0 aromatic heterocycles. The van der Waals surface area contributed by atoms with Gasteiger partial charge in [0.15, 0.2) is 11.2 Å². The van der Waals surface area contributed by atoms with Gasteiger partial charge in [0.05, 0.1) is 13.2 Å². The van der Waals surface area contributed by atoms with Gasteiger partial charge < -0.3 is 18.9 Å². The van der Waals surface area contributed by atoms with Crippen molar-refractivity contribution in [3.05, 3.63) is 48.5 Å². The molecule has 6 nitrogen and oxygen atoms in total. The molecule has 0 aliphatic rings. The Morgan fingerprint density at radius 1 is 0.677 bits per heavy atom. The summed E-state index contributed by atoms with van der Waals surface area (Å²) in [7, 11) is 0. The molecule has 2 aromatic carbocycles. The normalized spacial score (nSPS) is 11.5. The lowest BCUT2D eigenvalue weighted by Gasteiger charge is -2.24. The highest BCUT2D eigenvalue weighted by Gasteiger charge is 2.32. The van der Waals surface area contributed by atoms with E-state index < -0.39 is 23.1 Å². The van der Waals surface area contributed by atoms with Crippen LogP contribution in [0.4, 0.5) is 0 Å². The van der Waals surface area contributed by atoms with Crippen molar-refractivity contribution < 1.29 is 28.5 Å². The molecular weight excluding hydrogens is 416 g/mol. The van der Waals surface area contributed by atoms with E-state index in [1.165, 1.54) is 0 Å². The maximum absolute atomic E-state index is 12.0. The number of esters is 2. The van der Waals surface area contributed by atoms with E-state index in [1.54, 1.807) is 53.3 Å². The van der Waals surface area contributed by atoms with Crippen molar-refractivity contribution in [2.75, 3.05) is 13.2 Å². The molecule has 0 atom stereocenters. The highest BCUT2D eigenvalue weighted by molar-refractivity contribution is 7.99. The Labute approximate surface area is 188 Å². The van der Waals surface area contributed by atoms with E-state index >= 15 is 0 Å². The lowest BCUT2D eigenvalue weighted by molar-refractivity contribution is -0.159. The Kier molecular flexibility index (Phi) is 8.39. The van der Waals surface area contributed by atoms with Crippen LogP contribution in [0.15, 0.2) is 58.3 Å². The summed E-state index contributed by atoms with van der Waals surface area (Å²) in [6.45, 7) is 10.9. The monoisotopic (exact) mass is 446 g/mol. The second-order valence-electron chi connectivity index (χ2n) is 7.71. The molecule has 0 amide bonds. The first-order valence-corrected chi connectivity index (χ1v) is 11.0. The molecule has 2 aromatic rings. The van der Waals surface area contributed by atoms with Crippen LogP contribution in [0.1, 0.15) is 41.5 Å². The smallest absolute Gasteiger partial charge is 0.349 e. The summed E-state index contributed by atoms with van der Waals surface area (Å²) in [4.78, 5) is 26.0. The zero-order chi connectivity index (χ0) is 23.1. The minimum absolute atomic E-state index is 0.311. The molecule has 0 fully saturated rings.